The summed E-state index contributed by atoms with van der Waals surface area (Å²) < 4.78 is 8.25. The molecule has 0 saturated heterocycles. The molecule has 2 N–H and O–H groups in total. The third-order valence-electron chi connectivity index (χ3n) is 2.39. The van der Waals surface area contributed by atoms with Crippen molar-refractivity contribution in [2.75, 3.05) is 13.2 Å². The minimum absolute atomic E-state index is 0.182. The second-order valence-corrected chi connectivity index (χ2v) is 4.81. The van der Waals surface area contributed by atoms with Gasteiger partial charge in [-0.05, 0) is 6.42 Å². The van der Waals surface area contributed by atoms with Crippen molar-refractivity contribution in [1.29, 1.82) is 0 Å². The van der Waals surface area contributed by atoms with Crippen LogP contribution in [0.25, 0.3) is 0 Å². The van der Waals surface area contributed by atoms with Crippen LogP contribution in [-0.4, -0.2) is 23.7 Å². The van der Waals surface area contributed by atoms with Gasteiger partial charge in [-0.15, -0.1) is 0 Å². The summed E-state index contributed by atoms with van der Waals surface area (Å²) in [5, 5.41) is 16.4. The number of hydrogen-bond donors (Lipinski definition) is 2. The number of unbranched alkanes of at least 4 members (excludes halogenated alkanes) is 2. The molecule has 5 nitrogen and oxygen atoms in total. The summed E-state index contributed by atoms with van der Waals surface area (Å²) in [6, 6.07) is 0. The van der Waals surface area contributed by atoms with E-state index in [-0.39, 0.29) is 18.6 Å². The average Bonchev–Trinajstić information content (AvgIpc) is 2.50. The van der Waals surface area contributed by atoms with E-state index in [1.807, 2.05) is 13.8 Å². The molecule has 0 atom stereocenters. The molecule has 0 rings (SSSR count). The molecule has 0 aromatic rings. The quantitative estimate of drug-likeness (QED) is 0.284. The predicted molar refractivity (Wildman–Crippen MR) is 81.4 cm³/mol. The van der Waals surface area contributed by atoms with E-state index in [1.165, 1.54) is 12.8 Å². The third-order valence-corrected chi connectivity index (χ3v) is 2.39. The average molecular weight is 342 g/mol. The van der Waals surface area contributed by atoms with Gasteiger partial charge in [-0.25, -0.2) is 9.78 Å². The first-order valence-corrected chi connectivity index (χ1v) is 7.97. The summed E-state index contributed by atoms with van der Waals surface area (Å²) in [5.74, 6) is 0. The van der Waals surface area contributed by atoms with Gasteiger partial charge in [-0.2, -0.15) is 12.8 Å². The van der Waals surface area contributed by atoms with Crippen molar-refractivity contribution < 1.29 is 44.0 Å². The van der Waals surface area contributed by atoms with Crippen molar-refractivity contribution in [3.05, 3.63) is 13.8 Å². The molecular formula is C15H34O5Ti. The molecule has 0 radical (unpaired) electrons. The van der Waals surface area contributed by atoms with E-state index in [1.54, 1.807) is 0 Å². The summed E-state index contributed by atoms with van der Waals surface area (Å²) >= 11 is 0.750. The Morgan fingerprint density at radius 1 is 0.905 bits per heavy atom. The molecule has 0 spiro atoms. The van der Waals surface area contributed by atoms with Gasteiger partial charge in [-0.3, -0.25) is 10.5 Å². The van der Waals surface area contributed by atoms with Gasteiger partial charge in [0.15, 0.2) is 0 Å². The van der Waals surface area contributed by atoms with Gasteiger partial charge in [0.1, 0.15) is 0 Å². The Kier molecular flexibility index (Phi) is 39.9. The van der Waals surface area contributed by atoms with Crippen LogP contribution in [0.2, 0.25) is 0 Å². The Morgan fingerprint density at radius 2 is 1.19 bits per heavy atom. The van der Waals surface area contributed by atoms with Gasteiger partial charge in [0, 0.05) is 5.41 Å². The summed E-state index contributed by atoms with van der Waals surface area (Å²) in [6.07, 6.45) is 6.36. The van der Waals surface area contributed by atoms with E-state index in [2.05, 4.69) is 37.5 Å². The molecule has 0 aromatic heterocycles. The van der Waals surface area contributed by atoms with Crippen LogP contribution < -0.4 is 0 Å². The van der Waals surface area contributed by atoms with E-state index in [0.717, 1.165) is 46.1 Å². The maximum atomic E-state index is 8.25. The Balaban J connectivity index is -0.000000119. The SMILES string of the molecule is CCCC(C)(COO)COO.[CH2-]CCC.[CH2-]CCC.[O]=[Ti+2]. The van der Waals surface area contributed by atoms with Crippen LogP contribution in [0, 0.1) is 19.3 Å². The maximum absolute atomic E-state index is 8.25. The molecule has 0 unspecified atom stereocenters. The van der Waals surface area contributed by atoms with Crippen molar-refractivity contribution in [2.45, 2.75) is 66.2 Å². The molecule has 0 saturated carbocycles. The molecule has 0 bridgehead atoms. The monoisotopic (exact) mass is 342 g/mol. The fraction of sp³-hybridized carbons (Fsp3) is 0.867. The van der Waals surface area contributed by atoms with Crippen LogP contribution >= 0.6 is 0 Å². The molecule has 21 heavy (non-hydrogen) atoms. The zero-order valence-corrected chi connectivity index (χ0v) is 15.8. The van der Waals surface area contributed by atoms with Crippen LogP contribution in [0.5, 0.6) is 0 Å². The molecule has 128 valence electrons. The summed E-state index contributed by atoms with van der Waals surface area (Å²) in [4.78, 5) is 8.04. The van der Waals surface area contributed by atoms with Gasteiger partial charge in [0.2, 0.25) is 0 Å². The standard InChI is InChI=1S/C7H16O4.2C4H9.O.Ti/c1-3-4-7(2,5-10-8)6-11-9;2*1-3-4-2;;/h8-9H,3-6H2,1-2H3;2*1,3-4H2,2H3;;/q;2*-1;;+2. The van der Waals surface area contributed by atoms with Crippen molar-refractivity contribution in [1.82, 2.24) is 0 Å². The minimum atomic E-state index is -0.293. The predicted octanol–water partition coefficient (Wildman–Crippen LogP) is 4.89. The first-order valence-electron chi connectivity index (χ1n) is 7.33. The second-order valence-electron chi connectivity index (χ2n) is 4.81. The van der Waals surface area contributed by atoms with E-state index < -0.39 is 0 Å². The molecule has 0 aliphatic heterocycles. The van der Waals surface area contributed by atoms with Crippen LogP contribution in [0.15, 0.2) is 0 Å². The van der Waals surface area contributed by atoms with E-state index >= 15 is 0 Å². The van der Waals surface area contributed by atoms with E-state index in [4.69, 9.17) is 13.8 Å². The zero-order chi connectivity index (χ0) is 17.6. The van der Waals surface area contributed by atoms with Gasteiger partial charge in [-0.1, -0.05) is 47.0 Å². The van der Waals surface area contributed by atoms with Crippen molar-refractivity contribution in [2.24, 2.45) is 5.41 Å². The molecule has 6 heteroatoms. The van der Waals surface area contributed by atoms with Crippen LogP contribution in [0.4, 0.5) is 0 Å². The molecule has 0 heterocycles. The van der Waals surface area contributed by atoms with Crippen LogP contribution in [0.1, 0.15) is 66.2 Å². The van der Waals surface area contributed by atoms with Gasteiger partial charge >= 0.3 is 23.7 Å². The number of rotatable bonds is 8. The Hall–Kier alpha value is 0.354. The number of hydrogen-bond acceptors (Lipinski definition) is 5. The summed E-state index contributed by atoms with van der Waals surface area (Å²) in [7, 11) is 0. The second kappa shape index (κ2) is 28.5. The fourth-order valence-electron chi connectivity index (χ4n) is 1.10. The Morgan fingerprint density at radius 3 is 1.33 bits per heavy atom. The van der Waals surface area contributed by atoms with Gasteiger partial charge in [0.25, 0.3) is 0 Å². The Bertz CT molecular complexity index is 134. The van der Waals surface area contributed by atoms with Gasteiger partial charge < -0.3 is 13.8 Å². The van der Waals surface area contributed by atoms with Crippen molar-refractivity contribution in [3.63, 3.8) is 0 Å². The van der Waals surface area contributed by atoms with Crippen LogP contribution in [-0.2, 0) is 33.5 Å². The summed E-state index contributed by atoms with van der Waals surface area (Å²) in [5.41, 5.74) is -0.293. The molecule has 0 fully saturated rings. The topological polar surface area (TPSA) is 76.0 Å². The molecule has 0 aliphatic carbocycles. The van der Waals surface area contributed by atoms with Crippen molar-refractivity contribution in [3.8, 4) is 0 Å². The third kappa shape index (κ3) is 33.3. The molecule has 0 aromatic carbocycles. The molecule has 0 amide bonds. The van der Waals surface area contributed by atoms with Crippen LogP contribution in [0.3, 0.4) is 0 Å². The molecular weight excluding hydrogens is 308 g/mol. The normalized spacial score (nSPS) is 9.43. The first-order chi connectivity index (χ1) is 10.0. The van der Waals surface area contributed by atoms with Crippen molar-refractivity contribution >= 4 is 0 Å². The summed E-state index contributed by atoms with van der Waals surface area (Å²) in [6.45, 7) is 15.7. The first kappa shape index (κ1) is 29.4. The fourth-order valence-corrected chi connectivity index (χ4v) is 1.10. The zero-order valence-electron chi connectivity index (χ0n) is 14.2. The Labute approximate surface area is 143 Å². The van der Waals surface area contributed by atoms with E-state index in [9.17, 15) is 0 Å². The van der Waals surface area contributed by atoms with Gasteiger partial charge in [0.05, 0.1) is 13.2 Å². The molecule has 0 aliphatic rings. The van der Waals surface area contributed by atoms with E-state index in [0.29, 0.717) is 0 Å².